The summed E-state index contributed by atoms with van der Waals surface area (Å²) < 4.78 is 5.54. The number of para-hydroxylation sites is 2. The van der Waals surface area contributed by atoms with Crippen LogP contribution in [-0.4, -0.2) is 12.0 Å². The number of hydrogen-bond donors (Lipinski definition) is 1. The van der Waals surface area contributed by atoms with Crippen molar-refractivity contribution in [1.82, 2.24) is 0 Å². The zero-order valence-electron chi connectivity index (χ0n) is 11.0. The number of rotatable bonds is 4. The summed E-state index contributed by atoms with van der Waals surface area (Å²) >= 11 is 0. The Morgan fingerprint density at radius 3 is 2.50 bits per heavy atom. The first-order valence-electron chi connectivity index (χ1n) is 6.22. The molecular formula is C16H14N2O2. The largest absolute Gasteiger partial charge is 0.480 e. The lowest BCUT2D eigenvalue weighted by Gasteiger charge is -2.15. The molecule has 0 aromatic heterocycles. The Kier molecular flexibility index (Phi) is 4.35. The molecule has 0 unspecified atom stereocenters. The van der Waals surface area contributed by atoms with Gasteiger partial charge in [-0.3, -0.25) is 4.79 Å². The van der Waals surface area contributed by atoms with Gasteiger partial charge < -0.3 is 10.1 Å². The molecule has 0 radical (unpaired) electrons. The fourth-order valence-corrected chi connectivity index (χ4v) is 1.67. The first-order chi connectivity index (χ1) is 9.70. The van der Waals surface area contributed by atoms with Crippen molar-refractivity contribution in [1.29, 1.82) is 5.26 Å². The summed E-state index contributed by atoms with van der Waals surface area (Å²) in [5, 5.41) is 11.7. The topological polar surface area (TPSA) is 62.1 Å². The smallest absolute Gasteiger partial charge is 0.265 e. The molecule has 0 saturated carbocycles. The highest BCUT2D eigenvalue weighted by molar-refractivity contribution is 5.94. The summed E-state index contributed by atoms with van der Waals surface area (Å²) in [6, 6.07) is 18.0. The van der Waals surface area contributed by atoms with Gasteiger partial charge >= 0.3 is 0 Å². The normalized spacial score (nSPS) is 11.2. The lowest BCUT2D eigenvalue weighted by Crippen LogP contribution is -2.30. The lowest BCUT2D eigenvalue weighted by atomic mass is 10.2. The van der Waals surface area contributed by atoms with Crippen LogP contribution in [0.1, 0.15) is 12.5 Å². The highest BCUT2D eigenvalue weighted by Gasteiger charge is 2.16. The first kappa shape index (κ1) is 13.6. The standard InChI is InChI=1S/C16H14N2O2/c1-12(16(19)18-14-8-3-2-4-9-14)20-15-10-6-5-7-13(15)11-17/h2-10,12H,1H3,(H,18,19)/t12-/m0/s1. The van der Waals surface area contributed by atoms with Crippen molar-refractivity contribution in [2.24, 2.45) is 0 Å². The van der Waals surface area contributed by atoms with Gasteiger partial charge in [-0.25, -0.2) is 0 Å². The molecule has 0 spiro atoms. The third-order valence-electron chi connectivity index (χ3n) is 2.72. The minimum atomic E-state index is -0.690. The average Bonchev–Trinajstić information content (AvgIpc) is 2.48. The van der Waals surface area contributed by atoms with Crippen LogP contribution in [0.25, 0.3) is 0 Å². The minimum Gasteiger partial charge on any atom is -0.480 e. The zero-order valence-corrected chi connectivity index (χ0v) is 11.0. The van der Waals surface area contributed by atoms with E-state index in [1.165, 1.54) is 0 Å². The predicted octanol–water partition coefficient (Wildman–Crippen LogP) is 2.96. The number of ether oxygens (including phenoxy) is 1. The van der Waals surface area contributed by atoms with Gasteiger partial charge in [-0.1, -0.05) is 30.3 Å². The predicted molar refractivity (Wildman–Crippen MR) is 76.3 cm³/mol. The van der Waals surface area contributed by atoms with Crippen LogP contribution >= 0.6 is 0 Å². The molecule has 2 aromatic carbocycles. The number of carbonyl (C=O) groups is 1. The van der Waals surface area contributed by atoms with Crippen molar-refractivity contribution in [3.8, 4) is 11.8 Å². The van der Waals surface area contributed by atoms with Gasteiger partial charge in [-0.2, -0.15) is 5.26 Å². The van der Waals surface area contributed by atoms with E-state index < -0.39 is 6.10 Å². The second kappa shape index (κ2) is 6.39. The molecule has 0 fully saturated rings. The van der Waals surface area contributed by atoms with Gasteiger partial charge in [0.2, 0.25) is 0 Å². The molecule has 100 valence electrons. The maximum absolute atomic E-state index is 12.0. The molecule has 0 heterocycles. The Hall–Kier alpha value is -2.80. The number of nitriles is 1. The number of hydrogen-bond acceptors (Lipinski definition) is 3. The van der Waals surface area contributed by atoms with Crippen LogP contribution in [0.4, 0.5) is 5.69 Å². The summed E-state index contributed by atoms with van der Waals surface area (Å²) in [6.45, 7) is 1.65. The molecular weight excluding hydrogens is 252 g/mol. The molecule has 1 amide bonds. The fourth-order valence-electron chi connectivity index (χ4n) is 1.67. The van der Waals surface area contributed by atoms with Gasteiger partial charge in [0.15, 0.2) is 6.10 Å². The van der Waals surface area contributed by atoms with E-state index >= 15 is 0 Å². The summed E-state index contributed by atoms with van der Waals surface area (Å²) in [5.74, 6) is 0.148. The highest BCUT2D eigenvalue weighted by atomic mass is 16.5. The molecule has 0 aliphatic heterocycles. The number of amides is 1. The van der Waals surface area contributed by atoms with E-state index in [-0.39, 0.29) is 5.91 Å². The number of nitrogens with zero attached hydrogens (tertiary/aromatic N) is 1. The van der Waals surface area contributed by atoms with Crippen molar-refractivity contribution in [2.45, 2.75) is 13.0 Å². The average molecular weight is 266 g/mol. The van der Waals surface area contributed by atoms with E-state index in [1.54, 1.807) is 43.3 Å². The van der Waals surface area contributed by atoms with E-state index in [0.29, 0.717) is 17.0 Å². The molecule has 4 heteroatoms. The Balaban J connectivity index is 2.03. The number of carbonyl (C=O) groups excluding carboxylic acids is 1. The molecule has 4 nitrogen and oxygen atoms in total. The molecule has 0 aliphatic carbocycles. The van der Waals surface area contributed by atoms with Gasteiger partial charge in [0.25, 0.3) is 5.91 Å². The third kappa shape index (κ3) is 3.36. The van der Waals surface area contributed by atoms with Crippen molar-refractivity contribution in [3.63, 3.8) is 0 Å². The summed E-state index contributed by atoms with van der Waals surface area (Å²) in [7, 11) is 0. The maximum Gasteiger partial charge on any atom is 0.265 e. The summed E-state index contributed by atoms with van der Waals surface area (Å²) in [4.78, 5) is 12.0. The van der Waals surface area contributed by atoms with Crippen LogP contribution in [0, 0.1) is 11.3 Å². The minimum absolute atomic E-state index is 0.260. The fraction of sp³-hybridized carbons (Fsp3) is 0.125. The Labute approximate surface area is 117 Å². The SMILES string of the molecule is C[C@H](Oc1ccccc1C#N)C(=O)Nc1ccccc1. The molecule has 20 heavy (non-hydrogen) atoms. The highest BCUT2D eigenvalue weighted by Crippen LogP contribution is 2.18. The Morgan fingerprint density at radius 1 is 1.15 bits per heavy atom. The molecule has 1 atom stereocenters. The van der Waals surface area contributed by atoms with Crippen molar-refractivity contribution < 1.29 is 9.53 Å². The molecule has 0 bridgehead atoms. The van der Waals surface area contributed by atoms with Gasteiger partial charge in [0.1, 0.15) is 11.8 Å². The van der Waals surface area contributed by atoms with E-state index in [0.717, 1.165) is 0 Å². The Morgan fingerprint density at radius 2 is 1.80 bits per heavy atom. The van der Waals surface area contributed by atoms with E-state index in [9.17, 15) is 4.79 Å². The van der Waals surface area contributed by atoms with E-state index in [1.807, 2.05) is 24.3 Å². The maximum atomic E-state index is 12.0. The number of nitrogens with one attached hydrogen (secondary N) is 1. The van der Waals surface area contributed by atoms with E-state index in [2.05, 4.69) is 5.32 Å². The van der Waals surface area contributed by atoms with Crippen LogP contribution in [0.2, 0.25) is 0 Å². The van der Waals surface area contributed by atoms with Crippen molar-refractivity contribution in [3.05, 3.63) is 60.2 Å². The van der Waals surface area contributed by atoms with E-state index in [4.69, 9.17) is 10.00 Å². The van der Waals surface area contributed by atoms with Crippen LogP contribution in [0.5, 0.6) is 5.75 Å². The van der Waals surface area contributed by atoms with Gasteiger partial charge in [0, 0.05) is 5.69 Å². The number of anilines is 1. The molecule has 2 rings (SSSR count). The summed E-state index contributed by atoms with van der Waals surface area (Å²) in [5.41, 5.74) is 1.12. The van der Waals surface area contributed by atoms with Gasteiger partial charge in [-0.05, 0) is 31.2 Å². The van der Waals surface area contributed by atoms with Crippen LogP contribution in [0.15, 0.2) is 54.6 Å². The molecule has 0 aliphatic rings. The quantitative estimate of drug-likeness (QED) is 0.925. The third-order valence-corrected chi connectivity index (χ3v) is 2.72. The zero-order chi connectivity index (χ0) is 14.4. The summed E-state index contributed by atoms with van der Waals surface area (Å²) in [6.07, 6.45) is -0.690. The molecule has 2 aromatic rings. The molecule has 0 saturated heterocycles. The van der Waals surface area contributed by atoms with Crippen LogP contribution < -0.4 is 10.1 Å². The Bertz CT molecular complexity index is 632. The monoisotopic (exact) mass is 266 g/mol. The van der Waals surface area contributed by atoms with Crippen molar-refractivity contribution in [2.75, 3.05) is 5.32 Å². The van der Waals surface area contributed by atoms with Crippen LogP contribution in [-0.2, 0) is 4.79 Å². The van der Waals surface area contributed by atoms with Crippen LogP contribution in [0.3, 0.4) is 0 Å². The first-order valence-corrected chi connectivity index (χ1v) is 6.22. The van der Waals surface area contributed by atoms with Gasteiger partial charge in [0.05, 0.1) is 5.56 Å². The second-order valence-electron chi connectivity index (χ2n) is 4.22. The molecule has 1 N–H and O–H groups in total. The van der Waals surface area contributed by atoms with Gasteiger partial charge in [-0.15, -0.1) is 0 Å². The number of benzene rings is 2. The second-order valence-corrected chi connectivity index (χ2v) is 4.22. The lowest BCUT2D eigenvalue weighted by molar-refractivity contribution is -0.122. The van der Waals surface area contributed by atoms with Crippen molar-refractivity contribution >= 4 is 11.6 Å².